The van der Waals surface area contributed by atoms with Crippen molar-refractivity contribution in [2.75, 3.05) is 208 Å². The Morgan fingerprint density at radius 3 is 0.913 bits per heavy atom. The molecule has 4 N–H and O–H groups in total. The van der Waals surface area contributed by atoms with Crippen LogP contribution in [0.5, 0.6) is 0 Å². The van der Waals surface area contributed by atoms with Crippen molar-refractivity contribution >= 4 is 165 Å². The second kappa shape index (κ2) is 43.6. The molecule has 9 fully saturated rings. The molecule has 15 unspecified atom stereocenters. The van der Waals surface area contributed by atoms with Gasteiger partial charge in [0.05, 0.1) is 114 Å². The molecule has 115 heavy (non-hydrogen) atoms. The highest BCUT2D eigenvalue weighted by atomic mass is 32.7. The minimum atomic E-state index is -4.39. The van der Waals surface area contributed by atoms with E-state index in [-0.39, 0.29) is 118 Å². The van der Waals surface area contributed by atoms with Crippen molar-refractivity contribution in [3.63, 3.8) is 0 Å². The highest BCUT2D eigenvalue weighted by molar-refractivity contribution is 8.44. The number of hydrogen-bond donors (Lipinski definition) is 5. The summed E-state index contributed by atoms with van der Waals surface area (Å²) in [7, 11) is 52.3. The van der Waals surface area contributed by atoms with Gasteiger partial charge in [0.15, 0.2) is 0 Å². The van der Waals surface area contributed by atoms with Gasteiger partial charge in [-0.3, -0.25) is 31.9 Å². The first-order valence-corrected chi connectivity index (χ1v) is 52.5. The normalized spacial score (nSPS) is 37.9. The molecule has 9 aliphatic rings. The van der Waals surface area contributed by atoms with Gasteiger partial charge in [0.1, 0.15) is 88.9 Å². The van der Waals surface area contributed by atoms with E-state index in [0.29, 0.717) is 13.1 Å². The summed E-state index contributed by atoms with van der Waals surface area (Å²) in [4.78, 5) is 23.0. The van der Waals surface area contributed by atoms with Crippen LogP contribution in [0.2, 0.25) is 0 Å². The summed E-state index contributed by atoms with van der Waals surface area (Å²) < 4.78 is 221. The summed E-state index contributed by atoms with van der Waals surface area (Å²) in [6, 6.07) is -8.30. The van der Waals surface area contributed by atoms with Gasteiger partial charge < -0.3 is 104 Å². The first-order valence-electron chi connectivity index (χ1n) is 37.0. The maximum atomic E-state index is 15.1. The number of morpholine rings is 6. The van der Waals surface area contributed by atoms with Crippen LogP contribution in [0, 0.1) is 0 Å². The zero-order chi connectivity index (χ0) is 84.7. The molecule has 0 aromatic rings. The van der Waals surface area contributed by atoms with Crippen molar-refractivity contribution in [1.29, 1.82) is 0 Å². The van der Waals surface area contributed by atoms with E-state index >= 15 is 9.13 Å². The Balaban J connectivity index is 0.727. The molecule has 0 bridgehead atoms. The molecule has 9 saturated heterocycles. The molecule has 29 atom stereocenters. The first kappa shape index (κ1) is 101. The van der Waals surface area contributed by atoms with Gasteiger partial charge in [-0.2, -0.15) is 0 Å². The molecule has 9 aliphatic heterocycles. The number of ether oxygens (including phenoxy) is 9. The summed E-state index contributed by atoms with van der Waals surface area (Å²) >= 11 is 15.1. The van der Waals surface area contributed by atoms with Crippen LogP contribution in [0.3, 0.4) is 0 Å². The molecule has 60 heteroatoms. The van der Waals surface area contributed by atoms with Crippen molar-refractivity contribution in [3.8, 4) is 0 Å². The predicted octanol–water partition coefficient (Wildman–Crippen LogP) is -1.60. The highest BCUT2D eigenvalue weighted by Gasteiger charge is 2.51. The lowest BCUT2D eigenvalue weighted by Gasteiger charge is -2.45. The first-order chi connectivity index (χ1) is 53.6. The molecule has 9 rings (SSSR count). The topological polar surface area (TPSA) is 392 Å². The fourth-order valence-electron chi connectivity index (χ4n) is 13.9. The largest absolute Gasteiger partial charge is 0.394 e. The molecule has 638 valence electrons. The summed E-state index contributed by atoms with van der Waals surface area (Å²) in [5.41, 5.74) is 0. The molecule has 18 radical (unpaired) electrons. The van der Waals surface area contributed by atoms with Gasteiger partial charge in [0, 0.05) is 133 Å². The minimum absolute atomic E-state index is 0.0248. The minimum Gasteiger partial charge on any atom is -0.394 e. The van der Waals surface area contributed by atoms with Crippen LogP contribution < -0.4 is 5.32 Å². The lowest BCUT2D eigenvalue weighted by atomic mass is 9.96. The third-order valence-electron chi connectivity index (χ3n) is 19.3. The smallest absolute Gasteiger partial charge is 0.386 e. The molecule has 0 aliphatic carbocycles. The Kier molecular flexibility index (Phi) is 38.3. The lowest BCUT2D eigenvalue weighted by molar-refractivity contribution is -0.0687. The molecule has 0 spiro atoms. The third kappa shape index (κ3) is 27.9. The molecule has 0 saturated carbocycles. The Hall–Kier alpha value is 2.25. The van der Waals surface area contributed by atoms with Gasteiger partial charge in [-0.1, -0.05) is 12.2 Å². The standard InChI is InChI=1S/C55H104B9N11O29P8S3/c1-66(2)105(77,71-16-36(26-76)94-51(60)21-71)86-28-38-18-73(23-53(62)96-38)107(79,68(5)6)87-30-39-19-75(25-54(63)97-39)109(81,70(9)10)89-32-44-41(11-47(56)99-44)103-111(83,114)91-34-46-43(13-49(58)101-46)104-112(84,115)92-33-45-42(12-48(57)100-45)102-110(82,113)90-31-40-20-74(24-55(64)98-40)108(80,69(7)8)88-29-37-17-72(22-52(61)95-37)106(78,67(3)4)85-27-35-14-65-15-50(59)93-35/h35-55,65,76H,11-34H2,1-10H3,(H,82,113)(H,83,114)(H,84,115)/t35?,36-,37?,38?,39?,40-,41-,42-,43-,44?,45?,46?,47+,48+,49+,50+,51+,52+,53+,54+,55+,105?,106?,107?,108?,109?,110?,111?,112?/m0/s1. The van der Waals surface area contributed by atoms with Crippen LogP contribution in [0.25, 0.3) is 0 Å². The second-order valence-electron chi connectivity index (χ2n) is 29.7. The predicted molar refractivity (Wildman–Crippen MR) is 440 cm³/mol. The monoisotopic (exact) mass is 1830 g/mol. The summed E-state index contributed by atoms with van der Waals surface area (Å²) in [5.74, 6) is 0. The van der Waals surface area contributed by atoms with Crippen molar-refractivity contribution in [1.82, 2.24) is 52.0 Å². The van der Waals surface area contributed by atoms with E-state index in [4.69, 9.17) is 187 Å². The van der Waals surface area contributed by atoms with E-state index in [0.717, 1.165) is 0 Å². The number of aliphatic hydroxyl groups is 1. The van der Waals surface area contributed by atoms with Gasteiger partial charge in [0.25, 0.3) is 0 Å². The van der Waals surface area contributed by atoms with Crippen LogP contribution in [-0.4, -0.2) is 468 Å². The van der Waals surface area contributed by atoms with Gasteiger partial charge in [-0.25, -0.2) is 51.3 Å². The van der Waals surface area contributed by atoms with Crippen molar-refractivity contribution in [2.24, 2.45) is 0 Å². The molecule has 40 nitrogen and oxygen atoms in total. The SMILES string of the molecule is [B][C@H]1CNCC(COP(=O)(N(C)C)N2CC(COP(=O)(N(C)C)N3C[C@@H](COP(O)(=S)O[C@H]4C[C@H]([B])OC4COP(=O)(S)O[C@H]4C[C@H]([B])OC4COP(O)(=S)O[C@H]4C[C@H]([B])OC4COP(=O)(N(C)C)N4CC(COP(=O)(N(C)C)N5CC(COP(=O)(N(C)C)N6C[C@@H](CO)O[C@@H]([B])C6)O[C@@H]([B])C5)O[C@@H]([B])C4)O[C@@H]([B])C3)O[C@@H]([B])C2)O1. The molecule has 0 aromatic heterocycles. The van der Waals surface area contributed by atoms with Crippen LogP contribution in [0.1, 0.15) is 19.3 Å². The third-order valence-corrected chi connectivity index (χ3v) is 36.8. The van der Waals surface area contributed by atoms with Crippen LogP contribution in [0.4, 0.5) is 0 Å². The second-order valence-corrected chi connectivity index (χ2v) is 51.2. The van der Waals surface area contributed by atoms with Crippen LogP contribution in [-0.2, 0) is 143 Å². The van der Waals surface area contributed by atoms with Crippen LogP contribution in [0.15, 0.2) is 0 Å². The summed E-state index contributed by atoms with van der Waals surface area (Å²) in [6.45, 7) is -15.3. The van der Waals surface area contributed by atoms with E-state index in [1.807, 2.05) is 0 Å². The van der Waals surface area contributed by atoms with Crippen LogP contribution >= 0.6 is 70.8 Å². The average molecular weight is 1820 g/mol. The number of nitrogens with zero attached hydrogens (tertiary/aromatic N) is 10. The summed E-state index contributed by atoms with van der Waals surface area (Å²) in [5, 5.41) is 13.0. The van der Waals surface area contributed by atoms with Gasteiger partial charge in [-0.15, -0.1) is 0 Å². The van der Waals surface area contributed by atoms with Crippen molar-refractivity contribution in [3.05, 3.63) is 0 Å². The average Bonchev–Trinajstić information content (AvgIpc) is 1.67. The number of thiol groups is 1. The Morgan fingerprint density at radius 1 is 0.348 bits per heavy atom. The fourth-order valence-corrected chi connectivity index (χ4v) is 28.4. The van der Waals surface area contributed by atoms with E-state index in [9.17, 15) is 33.2 Å². The number of aliphatic hydroxyl groups excluding tert-OH is 1. The Morgan fingerprint density at radius 2 is 0.600 bits per heavy atom. The van der Waals surface area contributed by atoms with Crippen molar-refractivity contribution in [2.45, 2.75) is 147 Å². The Bertz CT molecular complexity index is 3560. The molecule has 0 aromatic carbocycles. The maximum Gasteiger partial charge on any atom is 0.386 e. The van der Waals surface area contributed by atoms with E-state index < -0.39 is 212 Å². The maximum absolute atomic E-state index is 15.1. The molecular weight excluding hydrogens is 1720 g/mol. The van der Waals surface area contributed by atoms with E-state index in [1.165, 1.54) is 56.1 Å². The van der Waals surface area contributed by atoms with E-state index in [1.54, 1.807) is 61.1 Å². The molecule has 9 heterocycles. The number of hydrogen-bond acceptors (Lipinski definition) is 30. The van der Waals surface area contributed by atoms with Gasteiger partial charge in [-0.05, 0) is 113 Å². The fraction of sp³-hybridized carbons (Fsp3) is 1.00. The quantitative estimate of drug-likeness (QED) is 0.0261. The van der Waals surface area contributed by atoms with Crippen molar-refractivity contribution < 1.29 is 135 Å². The lowest BCUT2D eigenvalue weighted by Crippen LogP contribution is -2.52. The summed E-state index contributed by atoms with van der Waals surface area (Å²) in [6.07, 6.45) is -11.5. The molecule has 0 amide bonds. The molecular formula is C55H104B9N11O29P8S3. The van der Waals surface area contributed by atoms with Gasteiger partial charge in [0.2, 0.25) is 0 Å². The zero-order valence-corrected chi connectivity index (χ0v) is 75.7. The highest BCUT2D eigenvalue weighted by Crippen LogP contribution is 2.62. The number of rotatable bonds is 41. The Labute approximate surface area is 702 Å². The van der Waals surface area contributed by atoms with Gasteiger partial charge >= 0.3 is 58.6 Å². The number of nitrogens with one attached hydrogen (secondary N) is 1. The van der Waals surface area contributed by atoms with E-state index in [2.05, 4.69) is 17.6 Å². The zero-order valence-electron chi connectivity index (χ0n) is 66.1.